The number of likely N-dealkylation sites (N-methyl/N-ethyl adjacent to an activating group) is 1. The molecule has 0 spiro atoms. The quantitative estimate of drug-likeness (QED) is 0.772. The molecule has 1 aromatic rings. The molecule has 7 nitrogen and oxygen atoms in total. The average molecular weight is 336 g/mol. The normalized spacial score (nSPS) is 12.0. The van der Waals surface area contributed by atoms with Crippen LogP contribution in [0, 0.1) is 0 Å². The van der Waals surface area contributed by atoms with Crippen LogP contribution in [0.4, 0.5) is 4.79 Å². The number of esters is 1. The van der Waals surface area contributed by atoms with Gasteiger partial charge in [0, 0.05) is 7.05 Å². The summed E-state index contributed by atoms with van der Waals surface area (Å²) in [5, 5.41) is 4.78. The van der Waals surface area contributed by atoms with Crippen LogP contribution < -0.4 is 10.6 Å². The molecule has 0 saturated heterocycles. The van der Waals surface area contributed by atoms with Crippen LogP contribution in [0.2, 0.25) is 0 Å². The third kappa shape index (κ3) is 7.62. The molecule has 24 heavy (non-hydrogen) atoms. The van der Waals surface area contributed by atoms with E-state index in [4.69, 9.17) is 9.47 Å². The predicted molar refractivity (Wildman–Crippen MR) is 88.1 cm³/mol. The Morgan fingerprint density at radius 3 is 2.29 bits per heavy atom. The Hall–Kier alpha value is -2.57. The van der Waals surface area contributed by atoms with E-state index in [-0.39, 0.29) is 13.0 Å². The zero-order chi connectivity index (χ0) is 18.2. The average Bonchev–Trinajstić information content (AvgIpc) is 2.50. The first-order valence-electron chi connectivity index (χ1n) is 7.62. The molecule has 0 radical (unpaired) electrons. The number of hydrogen-bond acceptors (Lipinski definition) is 5. The van der Waals surface area contributed by atoms with Gasteiger partial charge in [-0.1, -0.05) is 30.3 Å². The number of rotatable bonds is 6. The molecule has 0 aliphatic carbocycles. The fourth-order valence-electron chi connectivity index (χ4n) is 1.84. The van der Waals surface area contributed by atoms with Crippen LogP contribution in [-0.2, 0) is 25.7 Å². The van der Waals surface area contributed by atoms with E-state index in [0.29, 0.717) is 0 Å². The van der Waals surface area contributed by atoms with Crippen LogP contribution >= 0.6 is 0 Å². The Bertz CT molecular complexity index is 566. The molecule has 132 valence electrons. The minimum absolute atomic E-state index is 0.0690. The van der Waals surface area contributed by atoms with Crippen molar-refractivity contribution in [1.29, 1.82) is 0 Å². The number of ether oxygens (including phenoxy) is 2. The second-order valence-corrected chi connectivity index (χ2v) is 6.16. The van der Waals surface area contributed by atoms with Gasteiger partial charge in [-0.25, -0.2) is 4.79 Å². The molecule has 1 atom stereocenters. The van der Waals surface area contributed by atoms with Crippen molar-refractivity contribution in [2.75, 3.05) is 7.05 Å². The molecular weight excluding hydrogens is 312 g/mol. The van der Waals surface area contributed by atoms with Crippen LogP contribution in [0.25, 0.3) is 0 Å². The third-order valence-electron chi connectivity index (χ3n) is 2.86. The maximum atomic E-state index is 11.9. The molecule has 2 amide bonds. The Morgan fingerprint density at radius 1 is 1.12 bits per heavy atom. The molecule has 1 aromatic carbocycles. The van der Waals surface area contributed by atoms with Gasteiger partial charge in [0.25, 0.3) is 0 Å². The van der Waals surface area contributed by atoms with E-state index in [2.05, 4.69) is 10.6 Å². The second-order valence-electron chi connectivity index (χ2n) is 6.16. The zero-order valence-electron chi connectivity index (χ0n) is 14.4. The molecule has 0 heterocycles. The van der Waals surface area contributed by atoms with E-state index in [0.717, 1.165) is 5.56 Å². The first-order valence-corrected chi connectivity index (χ1v) is 7.62. The molecule has 0 saturated carbocycles. The maximum Gasteiger partial charge on any atom is 0.408 e. The van der Waals surface area contributed by atoms with Gasteiger partial charge in [0.05, 0.1) is 6.42 Å². The summed E-state index contributed by atoms with van der Waals surface area (Å²) in [6.45, 7) is 5.24. The van der Waals surface area contributed by atoms with E-state index in [1.165, 1.54) is 7.05 Å². The summed E-state index contributed by atoms with van der Waals surface area (Å²) in [6, 6.07) is 8.06. The largest absolute Gasteiger partial charge is 0.460 e. The third-order valence-corrected chi connectivity index (χ3v) is 2.86. The summed E-state index contributed by atoms with van der Waals surface area (Å²) >= 11 is 0. The molecule has 2 N–H and O–H groups in total. The van der Waals surface area contributed by atoms with Crippen molar-refractivity contribution in [2.45, 2.75) is 45.4 Å². The second kappa shape index (κ2) is 8.90. The smallest absolute Gasteiger partial charge is 0.408 e. The lowest BCUT2D eigenvalue weighted by Crippen LogP contribution is -2.47. The topological polar surface area (TPSA) is 93.7 Å². The number of carbonyl (C=O) groups is 3. The summed E-state index contributed by atoms with van der Waals surface area (Å²) in [5.41, 5.74) is 0.147. The van der Waals surface area contributed by atoms with Crippen LogP contribution in [-0.4, -0.2) is 36.7 Å². The molecule has 0 bridgehead atoms. The lowest BCUT2D eigenvalue weighted by atomic mass is 10.1. The molecule has 1 rings (SSSR count). The fourth-order valence-corrected chi connectivity index (χ4v) is 1.84. The minimum atomic E-state index is -1.06. The van der Waals surface area contributed by atoms with Gasteiger partial charge in [-0.3, -0.25) is 9.59 Å². The van der Waals surface area contributed by atoms with Gasteiger partial charge in [-0.15, -0.1) is 0 Å². The summed E-state index contributed by atoms with van der Waals surface area (Å²) < 4.78 is 10.2. The summed E-state index contributed by atoms with van der Waals surface area (Å²) in [7, 11) is 1.42. The van der Waals surface area contributed by atoms with Crippen LogP contribution in [0.1, 0.15) is 32.8 Å². The highest BCUT2D eigenvalue weighted by atomic mass is 16.6. The highest BCUT2D eigenvalue weighted by Gasteiger charge is 2.26. The van der Waals surface area contributed by atoms with Crippen molar-refractivity contribution in [3.05, 3.63) is 35.9 Å². The van der Waals surface area contributed by atoms with E-state index < -0.39 is 29.6 Å². The minimum Gasteiger partial charge on any atom is -0.460 e. The first kappa shape index (κ1) is 19.5. The molecule has 1 unspecified atom stereocenters. The van der Waals surface area contributed by atoms with Crippen molar-refractivity contribution in [1.82, 2.24) is 10.6 Å². The van der Waals surface area contributed by atoms with Crippen molar-refractivity contribution >= 4 is 18.0 Å². The number of amides is 2. The van der Waals surface area contributed by atoms with E-state index in [9.17, 15) is 14.4 Å². The van der Waals surface area contributed by atoms with Crippen LogP contribution in [0.5, 0.6) is 0 Å². The number of benzene rings is 1. The standard InChI is InChI=1S/C17H24N2O5/c1-17(2,3)24-14(20)10-13(15(21)18-4)19-16(22)23-11-12-8-6-5-7-9-12/h5-9,13H,10-11H2,1-4H3,(H,18,21)(H,19,22). The Kier molecular flexibility index (Phi) is 7.23. The monoisotopic (exact) mass is 336 g/mol. The molecular formula is C17H24N2O5. The number of nitrogens with one attached hydrogen (secondary N) is 2. The molecule has 0 aliphatic heterocycles. The number of hydrogen-bond donors (Lipinski definition) is 2. The van der Waals surface area contributed by atoms with Gasteiger partial charge >= 0.3 is 12.1 Å². The van der Waals surface area contributed by atoms with Crippen LogP contribution in [0.15, 0.2) is 30.3 Å². The molecule has 0 aromatic heterocycles. The van der Waals surface area contributed by atoms with Gasteiger partial charge in [-0.2, -0.15) is 0 Å². The van der Waals surface area contributed by atoms with E-state index in [1.54, 1.807) is 20.8 Å². The number of alkyl carbamates (subject to hydrolysis) is 1. The highest BCUT2D eigenvalue weighted by Crippen LogP contribution is 2.10. The lowest BCUT2D eigenvalue weighted by Gasteiger charge is -2.22. The summed E-state index contributed by atoms with van der Waals surface area (Å²) in [4.78, 5) is 35.5. The van der Waals surface area contributed by atoms with Gasteiger partial charge in [0.2, 0.25) is 5.91 Å². The zero-order valence-corrected chi connectivity index (χ0v) is 14.4. The maximum absolute atomic E-state index is 11.9. The first-order chi connectivity index (χ1) is 11.2. The van der Waals surface area contributed by atoms with Crippen LogP contribution in [0.3, 0.4) is 0 Å². The summed E-state index contributed by atoms with van der Waals surface area (Å²) in [6.07, 6.45) is -1.06. The fraction of sp³-hybridized carbons (Fsp3) is 0.471. The van der Waals surface area contributed by atoms with Gasteiger partial charge in [0.1, 0.15) is 18.2 Å². The molecule has 0 fully saturated rings. The van der Waals surface area contributed by atoms with E-state index >= 15 is 0 Å². The van der Waals surface area contributed by atoms with Gasteiger partial charge in [-0.05, 0) is 26.3 Å². The van der Waals surface area contributed by atoms with E-state index in [1.807, 2.05) is 30.3 Å². The Morgan fingerprint density at radius 2 is 1.75 bits per heavy atom. The molecule has 0 aliphatic rings. The van der Waals surface area contributed by atoms with Crippen molar-refractivity contribution in [3.8, 4) is 0 Å². The van der Waals surface area contributed by atoms with Crippen molar-refractivity contribution < 1.29 is 23.9 Å². The van der Waals surface area contributed by atoms with Crippen molar-refractivity contribution in [2.24, 2.45) is 0 Å². The van der Waals surface area contributed by atoms with Crippen molar-refractivity contribution in [3.63, 3.8) is 0 Å². The SMILES string of the molecule is CNC(=O)C(CC(=O)OC(C)(C)C)NC(=O)OCc1ccccc1. The van der Waals surface area contributed by atoms with Gasteiger partial charge < -0.3 is 20.1 Å². The highest BCUT2D eigenvalue weighted by molar-refractivity contribution is 5.89. The summed E-state index contributed by atoms with van der Waals surface area (Å²) in [5.74, 6) is -1.09. The Balaban J connectivity index is 2.57. The van der Waals surface area contributed by atoms with Gasteiger partial charge in [0.15, 0.2) is 0 Å². The predicted octanol–water partition coefficient (Wildman–Crippen LogP) is 1.76. The lowest BCUT2D eigenvalue weighted by molar-refractivity contribution is -0.156. The number of carbonyl (C=O) groups excluding carboxylic acids is 3. The Labute approximate surface area is 141 Å². The molecule has 7 heteroatoms.